The van der Waals surface area contributed by atoms with Crippen molar-refractivity contribution in [3.8, 4) is 0 Å². The molecule has 1 heterocycles. The number of hydrazine groups is 1. The van der Waals surface area contributed by atoms with E-state index < -0.39 is 12.8 Å². The maximum absolute atomic E-state index is 11.9. The van der Waals surface area contributed by atoms with Crippen molar-refractivity contribution in [1.29, 1.82) is 0 Å². The number of nitrogens with one attached hydrogen (secondary N) is 1. The molecule has 0 amide bonds. The minimum Gasteiger partial charge on any atom is -0.381 e. The molecule has 1 unspecified atom stereocenters. The highest BCUT2D eigenvalue weighted by Gasteiger charge is 2.27. The third-order valence-electron chi connectivity index (χ3n) is 3.07. The van der Waals surface area contributed by atoms with Crippen molar-refractivity contribution in [2.75, 3.05) is 26.4 Å². The van der Waals surface area contributed by atoms with Gasteiger partial charge in [-0.3, -0.25) is 11.3 Å². The second kappa shape index (κ2) is 7.93. The van der Waals surface area contributed by atoms with Gasteiger partial charge in [0.25, 0.3) is 0 Å². The molecule has 1 saturated heterocycles. The van der Waals surface area contributed by atoms with Gasteiger partial charge < -0.3 is 9.47 Å². The third kappa shape index (κ3) is 7.15. The van der Waals surface area contributed by atoms with Gasteiger partial charge in [-0.2, -0.15) is 13.2 Å². The van der Waals surface area contributed by atoms with Crippen molar-refractivity contribution in [2.24, 2.45) is 11.8 Å². The zero-order valence-electron chi connectivity index (χ0n) is 10.3. The first-order valence-corrected chi connectivity index (χ1v) is 6.19. The van der Waals surface area contributed by atoms with Gasteiger partial charge in [0.1, 0.15) is 6.61 Å². The summed E-state index contributed by atoms with van der Waals surface area (Å²) in [6.07, 6.45) is -0.936. The summed E-state index contributed by atoms with van der Waals surface area (Å²) in [5.41, 5.74) is 2.64. The Kier molecular flexibility index (Phi) is 6.91. The highest BCUT2D eigenvalue weighted by Crippen LogP contribution is 2.21. The van der Waals surface area contributed by atoms with Crippen molar-refractivity contribution in [3.05, 3.63) is 0 Å². The smallest absolute Gasteiger partial charge is 0.381 e. The van der Waals surface area contributed by atoms with Crippen molar-refractivity contribution in [1.82, 2.24) is 5.43 Å². The second-order valence-electron chi connectivity index (χ2n) is 4.61. The van der Waals surface area contributed by atoms with Crippen LogP contribution in [0.25, 0.3) is 0 Å². The van der Waals surface area contributed by atoms with Crippen LogP contribution in [0.3, 0.4) is 0 Å². The fourth-order valence-corrected chi connectivity index (χ4v) is 2.07. The maximum Gasteiger partial charge on any atom is 0.411 e. The predicted molar refractivity (Wildman–Crippen MR) is 60.8 cm³/mol. The Hall–Kier alpha value is -0.370. The summed E-state index contributed by atoms with van der Waals surface area (Å²) in [6.45, 7) is 0.387. The fraction of sp³-hybridized carbons (Fsp3) is 1.00. The number of hydrogen-bond acceptors (Lipinski definition) is 4. The molecule has 7 heteroatoms. The first-order chi connectivity index (χ1) is 8.51. The molecule has 1 aliphatic heterocycles. The first-order valence-electron chi connectivity index (χ1n) is 6.19. The predicted octanol–water partition coefficient (Wildman–Crippen LogP) is 1.60. The van der Waals surface area contributed by atoms with Crippen LogP contribution in [0.4, 0.5) is 13.2 Å². The standard InChI is InChI=1S/C11H21F3N2O2/c12-11(13,14)8-18-6-3-10(16-15)7-9-1-4-17-5-2-9/h9-10,16H,1-8,15H2. The van der Waals surface area contributed by atoms with Crippen molar-refractivity contribution in [2.45, 2.75) is 37.9 Å². The van der Waals surface area contributed by atoms with E-state index in [2.05, 4.69) is 10.2 Å². The number of alkyl halides is 3. The molecule has 0 aromatic heterocycles. The molecule has 0 radical (unpaired) electrons. The zero-order valence-corrected chi connectivity index (χ0v) is 10.3. The van der Waals surface area contributed by atoms with E-state index in [4.69, 9.17) is 10.6 Å². The minimum atomic E-state index is -4.26. The Bertz CT molecular complexity index is 221. The van der Waals surface area contributed by atoms with Crippen LogP contribution in [0, 0.1) is 5.92 Å². The van der Waals surface area contributed by atoms with Crippen LogP contribution in [0.15, 0.2) is 0 Å². The number of ether oxygens (including phenoxy) is 2. The molecule has 1 atom stereocenters. The number of rotatable bonds is 7. The molecule has 0 aromatic rings. The Morgan fingerprint density at radius 2 is 2.00 bits per heavy atom. The lowest BCUT2D eigenvalue weighted by atomic mass is 9.92. The number of halogens is 3. The van der Waals surface area contributed by atoms with Gasteiger partial charge >= 0.3 is 6.18 Å². The highest BCUT2D eigenvalue weighted by atomic mass is 19.4. The van der Waals surface area contributed by atoms with Gasteiger partial charge in [0.05, 0.1) is 0 Å². The molecule has 0 aliphatic carbocycles. The van der Waals surface area contributed by atoms with Crippen molar-refractivity contribution >= 4 is 0 Å². The molecule has 1 fully saturated rings. The van der Waals surface area contributed by atoms with Gasteiger partial charge in [-0.05, 0) is 31.6 Å². The summed E-state index contributed by atoms with van der Waals surface area (Å²) in [4.78, 5) is 0. The molecule has 1 aliphatic rings. The summed E-state index contributed by atoms with van der Waals surface area (Å²) in [5.74, 6) is 5.93. The lowest BCUT2D eigenvalue weighted by Crippen LogP contribution is -2.38. The van der Waals surface area contributed by atoms with Crippen LogP contribution in [0.5, 0.6) is 0 Å². The lowest BCUT2D eigenvalue weighted by Gasteiger charge is -2.26. The zero-order chi connectivity index (χ0) is 13.4. The molecule has 108 valence electrons. The minimum absolute atomic E-state index is 0.00123. The van der Waals surface area contributed by atoms with Crippen LogP contribution in [0.1, 0.15) is 25.7 Å². The fourth-order valence-electron chi connectivity index (χ4n) is 2.07. The van der Waals surface area contributed by atoms with Gasteiger partial charge in [-0.25, -0.2) is 0 Å². The van der Waals surface area contributed by atoms with E-state index in [9.17, 15) is 13.2 Å². The molecule has 0 saturated carbocycles. The van der Waals surface area contributed by atoms with Crippen LogP contribution >= 0.6 is 0 Å². The van der Waals surface area contributed by atoms with Crippen molar-refractivity contribution < 1.29 is 22.6 Å². The third-order valence-corrected chi connectivity index (χ3v) is 3.07. The molecule has 0 bridgehead atoms. The molecule has 0 aromatic carbocycles. The molecular weight excluding hydrogens is 249 g/mol. The summed E-state index contributed by atoms with van der Waals surface area (Å²) < 4.78 is 45.4. The molecule has 1 rings (SSSR count). The Labute approximate surface area is 105 Å². The van der Waals surface area contributed by atoms with E-state index in [0.717, 1.165) is 32.5 Å². The number of hydrogen-bond donors (Lipinski definition) is 2. The highest BCUT2D eigenvalue weighted by molar-refractivity contribution is 4.72. The van der Waals surface area contributed by atoms with E-state index >= 15 is 0 Å². The monoisotopic (exact) mass is 270 g/mol. The van der Waals surface area contributed by atoms with E-state index in [-0.39, 0.29) is 12.6 Å². The van der Waals surface area contributed by atoms with E-state index in [0.29, 0.717) is 12.3 Å². The Balaban J connectivity index is 2.12. The molecule has 18 heavy (non-hydrogen) atoms. The molecule has 4 nitrogen and oxygen atoms in total. The summed E-state index contributed by atoms with van der Waals surface area (Å²) in [6, 6.07) is 0.00123. The van der Waals surface area contributed by atoms with Crippen molar-refractivity contribution in [3.63, 3.8) is 0 Å². The molecule has 0 spiro atoms. The van der Waals surface area contributed by atoms with Gasteiger partial charge in [-0.15, -0.1) is 0 Å². The van der Waals surface area contributed by atoms with Crippen LogP contribution in [-0.2, 0) is 9.47 Å². The average molecular weight is 270 g/mol. The SMILES string of the molecule is NNC(CCOCC(F)(F)F)CC1CCOCC1. The number of nitrogens with two attached hydrogens (primary N) is 1. The summed E-state index contributed by atoms with van der Waals surface area (Å²) >= 11 is 0. The molecule has 3 N–H and O–H groups in total. The summed E-state index contributed by atoms with van der Waals surface area (Å²) in [7, 11) is 0. The lowest BCUT2D eigenvalue weighted by molar-refractivity contribution is -0.174. The van der Waals surface area contributed by atoms with Crippen LogP contribution in [0.2, 0.25) is 0 Å². The first kappa shape index (κ1) is 15.7. The Morgan fingerprint density at radius 1 is 1.33 bits per heavy atom. The van der Waals surface area contributed by atoms with E-state index in [1.54, 1.807) is 0 Å². The topological polar surface area (TPSA) is 56.5 Å². The van der Waals surface area contributed by atoms with Gasteiger partial charge in [0.2, 0.25) is 0 Å². The van der Waals surface area contributed by atoms with Crippen LogP contribution in [-0.4, -0.2) is 38.6 Å². The van der Waals surface area contributed by atoms with Gasteiger partial charge in [-0.1, -0.05) is 0 Å². The van der Waals surface area contributed by atoms with Crippen LogP contribution < -0.4 is 11.3 Å². The van der Waals surface area contributed by atoms with Gasteiger partial charge in [0, 0.05) is 25.9 Å². The average Bonchev–Trinajstić information content (AvgIpc) is 2.33. The van der Waals surface area contributed by atoms with E-state index in [1.165, 1.54) is 0 Å². The molecular formula is C11H21F3N2O2. The quantitative estimate of drug-likeness (QED) is 0.419. The maximum atomic E-state index is 11.9. The van der Waals surface area contributed by atoms with E-state index in [1.807, 2.05) is 0 Å². The largest absolute Gasteiger partial charge is 0.411 e. The normalized spacial score (nSPS) is 20.0. The van der Waals surface area contributed by atoms with Gasteiger partial charge in [0.15, 0.2) is 0 Å². The second-order valence-corrected chi connectivity index (χ2v) is 4.61. The Morgan fingerprint density at radius 3 is 2.56 bits per heavy atom. The summed E-state index contributed by atoms with van der Waals surface area (Å²) in [5, 5.41) is 0.